The highest BCUT2D eigenvalue weighted by molar-refractivity contribution is 14.0. The monoisotopic (exact) mass is 563 g/mol. The topological polar surface area (TPSA) is 78.0 Å². The van der Waals surface area contributed by atoms with Crippen molar-refractivity contribution in [1.82, 2.24) is 10.6 Å². The lowest BCUT2D eigenvalue weighted by Crippen LogP contribution is -2.46. The maximum Gasteiger partial charge on any atom is 0.387 e. The molecule has 3 rings (SSSR count). The molecular weight excluding hydrogens is 538 g/mol. The molecule has 0 spiro atoms. The van der Waals surface area contributed by atoms with Gasteiger partial charge in [0.05, 0.1) is 12.2 Å². The van der Waals surface area contributed by atoms with Crippen molar-refractivity contribution in [3.8, 4) is 5.75 Å². The molecule has 0 aliphatic carbocycles. The van der Waals surface area contributed by atoms with Crippen molar-refractivity contribution in [3.05, 3.63) is 54.3 Å². The van der Waals surface area contributed by atoms with Gasteiger partial charge in [0.25, 0.3) is 0 Å². The third-order valence-electron chi connectivity index (χ3n) is 4.72. The van der Waals surface area contributed by atoms with Gasteiger partial charge in [-0.1, -0.05) is 12.1 Å². The highest BCUT2D eigenvalue weighted by atomic mass is 127. The molecule has 1 unspecified atom stereocenters. The van der Waals surface area contributed by atoms with Crippen LogP contribution >= 0.6 is 24.0 Å². The van der Waals surface area contributed by atoms with E-state index in [1.165, 1.54) is 30.3 Å². The zero-order chi connectivity index (χ0) is 22.2. The van der Waals surface area contributed by atoms with E-state index in [2.05, 4.69) is 25.7 Å². The maximum absolute atomic E-state index is 12.9. The van der Waals surface area contributed by atoms with Crippen LogP contribution in [0.15, 0.2) is 53.5 Å². The number of hydrogen-bond donors (Lipinski definition) is 3. The molecule has 1 aliphatic heterocycles. The van der Waals surface area contributed by atoms with Crippen molar-refractivity contribution in [3.63, 3.8) is 0 Å². The number of halogens is 4. The van der Waals surface area contributed by atoms with Crippen LogP contribution in [-0.4, -0.2) is 51.2 Å². The number of alkyl halides is 2. The maximum atomic E-state index is 12.9. The summed E-state index contributed by atoms with van der Waals surface area (Å²) >= 11 is 0. The third-order valence-corrected chi connectivity index (χ3v) is 4.72. The van der Waals surface area contributed by atoms with Crippen LogP contribution in [0.25, 0.3) is 0 Å². The van der Waals surface area contributed by atoms with Gasteiger partial charge < -0.3 is 25.6 Å². The Bertz CT molecular complexity index is 915. The first-order valence-corrected chi connectivity index (χ1v) is 9.76. The third kappa shape index (κ3) is 7.46. The Balaban J connectivity index is 0.00000363. The lowest BCUT2D eigenvalue weighted by atomic mass is 10.2. The van der Waals surface area contributed by atoms with Gasteiger partial charge in [0.1, 0.15) is 11.6 Å². The molecule has 0 aromatic heterocycles. The van der Waals surface area contributed by atoms with E-state index in [0.717, 1.165) is 6.42 Å². The van der Waals surface area contributed by atoms with Gasteiger partial charge in [-0.3, -0.25) is 9.79 Å². The molecular formula is C21H25F3IN5O2. The normalized spacial score (nSPS) is 15.8. The van der Waals surface area contributed by atoms with Gasteiger partial charge in [0.15, 0.2) is 5.96 Å². The first kappa shape index (κ1) is 25.6. The van der Waals surface area contributed by atoms with Crippen LogP contribution in [0.5, 0.6) is 5.75 Å². The van der Waals surface area contributed by atoms with Gasteiger partial charge in [-0.2, -0.15) is 8.78 Å². The molecule has 1 saturated heterocycles. The first-order valence-electron chi connectivity index (χ1n) is 9.76. The molecule has 32 heavy (non-hydrogen) atoms. The molecule has 2 aromatic carbocycles. The molecule has 174 valence electrons. The Hall–Kier alpha value is -2.70. The molecule has 0 radical (unpaired) electrons. The van der Waals surface area contributed by atoms with E-state index < -0.39 is 6.61 Å². The standard InChI is InChI=1S/C21H24F3N5O2.HI/c1-25-21(26-12-19(30)27-15-8-6-14(22)7-9-15)28-16-10-11-29(13-16)17-4-2-3-5-18(17)31-20(23)24;/h2-9,16,20H,10-13H2,1H3,(H,27,30)(H2,25,26,28);1H. The van der Waals surface area contributed by atoms with Crippen molar-refractivity contribution in [1.29, 1.82) is 0 Å². The zero-order valence-electron chi connectivity index (χ0n) is 17.4. The number of benzene rings is 2. The average Bonchev–Trinajstić information content (AvgIpc) is 3.21. The van der Waals surface area contributed by atoms with Gasteiger partial charge in [-0.05, 0) is 42.8 Å². The minimum atomic E-state index is -2.89. The number of rotatable bonds is 7. The number of nitrogens with zero attached hydrogens (tertiary/aromatic N) is 2. The molecule has 0 saturated carbocycles. The van der Waals surface area contributed by atoms with Crippen LogP contribution in [0.1, 0.15) is 6.42 Å². The number of carbonyl (C=O) groups is 1. The Kier molecular flexibility index (Phi) is 9.88. The second-order valence-corrected chi connectivity index (χ2v) is 6.90. The molecule has 3 N–H and O–H groups in total. The SMILES string of the molecule is CN=C(NCC(=O)Nc1ccc(F)cc1)NC1CCN(c2ccccc2OC(F)F)C1.I. The summed E-state index contributed by atoms with van der Waals surface area (Å²) in [5, 5.41) is 8.82. The number of ether oxygens (including phenoxy) is 1. The molecule has 1 heterocycles. The predicted octanol–water partition coefficient (Wildman–Crippen LogP) is 3.43. The van der Waals surface area contributed by atoms with E-state index in [9.17, 15) is 18.0 Å². The van der Waals surface area contributed by atoms with Crippen molar-refractivity contribution in [2.24, 2.45) is 4.99 Å². The first-order chi connectivity index (χ1) is 14.9. The fourth-order valence-electron chi connectivity index (χ4n) is 3.30. The quantitative estimate of drug-likeness (QED) is 0.274. The van der Waals surface area contributed by atoms with Gasteiger partial charge >= 0.3 is 6.61 Å². The lowest BCUT2D eigenvalue weighted by molar-refractivity contribution is -0.115. The smallest absolute Gasteiger partial charge is 0.387 e. The number of amides is 1. The number of para-hydroxylation sites is 2. The molecule has 1 atom stereocenters. The molecule has 1 fully saturated rings. The van der Waals surface area contributed by atoms with Crippen LogP contribution < -0.4 is 25.6 Å². The summed E-state index contributed by atoms with van der Waals surface area (Å²) in [5.74, 6) is -0.105. The van der Waals surface area contributed by atoms with Crippen LogP contribution in [-0.2, 0) is 4.79 Å². The Morgan fingerprint density at radius 1 is 1.22 bits per heavy atom. The van der Waals surface area contributed by atoms with Crippen molar-refractivity contribution >= 4 is 47.2 Å². The minimum Gasteiger partial charge on any atom is -0.433 e. The Morgan fingerprint density at radius 3 is 2.62 bits per heavy atom. The number of nitrogens with one attached hydrogen (secondary N) is 3. The van der Waals surface area contributed by atoms with Crippen LogP contribution in [0.4, 0.5) is 24.5 Å². The largest absolute Gasteiger partial charge is 0.433 e. The predicted molar refractivity (Wildman–Crippen MR) is 129 cm³/mol. The molecule has 7 nitrogen and oxygen atoms in total. The molecule has 1 amide bonds. The molecule has 1 aliphatic rings. The van der Waals surface area contributed by atoms with Crippen molar-refractivity contribution in [2.45, 2.75) is 19.1 Å². The van der Waals surface area contributed by atoms with Gasteiger partial charge in [-0.25, -0.2) is 4.39 Å². The molecule has 11 heteroatoms. The summed E-state index contributed by atoms with van der Waals surface area (Å²) < 4.78 is 42.9. The van der Waals surface area contributed by atoms with E-state index >= 15 is 0 Å². The summed E-state index contributed by atoms with van der Waals surface area (Å²) in [6.07, 6.45) is 0.755. The second-order valence-electron chi connectivity index (χ2n) is 6.90. The van der Waals surface area contributed by atoms with Crippen molar-refractivity contribution < 1.29 is 22.7 Å². The molecule has 2 aromatic rings. The Labute approximate surface area is 201 Å². The van der Waals surface area contributed by atoms with Gasteiger partial charge in [-0.15, -0.1) is 24.0 Å². The second kappa shape index (κ2) is 12.4. The van der Waals surface area contributed by atoms with E-state index in [-0.39, 0.29) is 54.0 Å². The number of hydrogen-bond acceptors (Lipinski definition) is 4. The van der Waals surface area contributed by atoms with Gasteiger partial charge in [0, 0.05) is 31.9 Å². The number of carbonyl (C=O) groups excluding carboxylic acids is 1. The summed E-state index contributed by atoms with van der Waals surface area (Å²) in [6, 6.07) is 12.2. The van der Waals surface area contributed by atoms with Gasteiger partial charge in [0.2, 0.25) is 5.91 Å². The van der Waals surface area contributed by atoms with E-state index in [0.29, 0.717) is 30.4 Å². The summed E-state index contributed by atoms with van der Waals surface area (Å²) in [4.78, 5) is 18.2. The Morgan fingerprint density at radius 2 is 1.94 bits per heavy atom. The van der Waals surface area contributed by atoms with Crippen LogP contribution in [0.3, 0.4) is 0 Å². The van der Waals surface area contributed by atoms with Crippen LogP contribution in [0, 0.1) is 5.82 Å². The van der Waals surface area contributed by atoms with Crippen molar-refractivity contribution in [2.75, 3.05) is 36.9 Å². The fraction of sp³-hybridized carbons (Fsp3) is 0.333. The van der Waals surface area contributed by atoms with E-state index in [4.69, 9.17) is 0 Å². The highest BCUT2D eigenvalue weighted by Crippen LogP contribution is 2.31. The van der Waals surface area contributed by atoms with E-state index in [1.54, 1.807) is 25.2 Å². The highest BCUT2D eigenvalue weighted by Gasteiger charge is 2.26. The minimum absolute atomic E-state index is 0. The number of anilines is 2. The molecule has 0 bridgehead atoms. The lowest BCUT2D eigenvalue weighted by Gasteiger charge is -2.22. The summed E-state index contributed by atoms with van der Waals surface area (Å²) in [6.45, 7) is -1.70. The zero-order valence-corrected chi connectivity index (χ0v) is 19.7. The number of aliphatic imine (C=N–C) groups is 1. The van der Waals surface area contributed by atoms with Crippen LogP contribution in [0.2, 0.25) is 0 Å². The summed E-state index contributed by atoms with van der Waals surface area (Å²) in [5.41, 5.74) is 1.10. The fourth-order valence-corrected chi connectivity index (χ4v) is 3.30. The number of guanidine groups is 1. The summed E-state index contributed by atoms with van der Waals surface area (Å²) in [7, 11) is 1.59. The average molecular weight is 563 g/mol. The van der Waals surface area contributed by atoms with E-state index in [1.807, 2.05) is 4.90 Å².